The first kappa shape index (κ1) is 18.6. The second-order valence-electron chi connectivity index (χ2n) is 6.54. The molecule has 1 saturated heterocycles. The van der Waals surface area contributed by atoms with E-state index >= 15 is 0 Å². The SMILES string of the molecule is CC(C)Oc1ccc(Nc2ncc(C(=O)N3CCN(C=O)CC3)cn2)cc1. The van der Waals surface area contributed by atoms with Crippen LogP contribution in [-0.2, 0) is 4.79 Å². The maximum Gasteiger partial charge on any atom is 0.257 e. The van der Waals surface area contributed by atoms with Crippen molar-refractivity contribution in [1.29, 1.82) is 0 Å². The van der Waals surface area contributed by atoms with Crippen LogP contribution in [0.5, 0.6) is 5.75 Å². The number of rotatable bonds is 6. The van der Waals surface area contributed by atoms with Crippen LogP contribution in [0.15, 0.2) is 36.7 Å². The van der Waals surface area contributed by atoms with E-state index in [1.165, 1.54) is 12.4 Å². The standard InChI is InChI=1S/C19H23N5O3/c1-14(2)27-17-5-3-16(4-6-17)22-19-20-11-15(12-21-19)18(26)24-9-7-23(13-25)8-10-24/h3-6,11-14H,7-10H2,1-2H3,(H,20,21,22). The molecule has 1 aromatic carbocycles. The monoisotopic (exact) mass is 369 g/mol. The summed E-state index contributed by atoms with van der Waals surface area (Å²) in [6.45, 7) is 6.08. The van der Waals surface area contributed by atoms with Gasteiger partial charge in [0.15, 0.2) is 0 Å². The van der Waals surface area contributed by atoms with Crippen LogP contribution in [0.1, 0.15) is 24.2 Å². The van der Waals surface area contributed by atoms with Crippen LogP contribution in [-0.4, -0.2) is 64.4 Å². The summed E-state index contributed by atoms with van der Waals surface area (Å²) >= 11 is 0. The fourth-order valence-electron chi connectivity index (χ4n) is 2.73. The summed E-state index contributed by atoms with van der Waals surface area (Å²) in [7, 11) is 0. The Bertz CT molecular complexity index is 769. The number of carbonyl (C=O) groups is 2. The number of benzene rings is 1. The van der Waals surface area contributed by atoms with Crippen molar-refractivity contribution < 1.29 is 14.3 Å². The lowest BCUT2D eigenvalue weighted by molar-refractivity contribution is -0.119. The average molecular weight is 369 g/mol. The lowest BCUT2D eigenvalue weighted by Crippen LogP contribution is -2.48. The van der Waals surface area contributed by atoms with Gasteiger partial charge in [0.25, 0.3) is 5.91 Å². The molecule has 0 aliphatic carbocycles. The molecule has 8 nitrogen and oxygen atoms in total. The van der Waals surface area contributed by atoms with Gasteiger partial charge in [0.05, 0.1) is 11.7 Å². The maximum atomic E-state index is 12.5. The van der Waals surface area contributed by atoms with E-state index in [1.807, 2.05) is 38.1 Å². The van der Waals surface area contributed by atoms with Crippen LogP contribution in [0.2, 0.25) is 0 Å². The zero-order valence-corrected chi connectivity index (χ0v) is 15.5. The smallest absolute Gasteiger partial charge is 0.257 e. The zero-order valence-electron chi connectivity index (χ0n) is 15.5. The van der Waals surface area contributed by atoms with Crippen molar-refractivity contribution in [3.8, 4) is 5.75 Å². The molecule has 1 fully saturated rings. The fraction of sp³-hybridized carbons (Fsp3) is 0.368. The highest BCUT2D eigenvalue weighted by atomic mass is 16.5. The predicted octanol–water partition coefficient (Wildman–Crippen LogP) is 1.92. The van der Waals surface area contributed by atoms with E-state index in [-0.39, 0.29) is 12.0 Å². The molecule has 1 N–H and O–H groups in total. The summed E-state index contributed by atoms with van der Waals surface area (Å²) in [4.78, 5) is 35.1. The molecule has 0 spiro atoms. The van der Waals surface area contributed by atoms with Crippen molar-refractivity contribution in [3.05, 3.63) is 42.2 Å². The second-order valence-corrected chi connectivity index (χ2v) is 6.54. The van der Waals surface area contributed by atoms with Crippen molar-refractivity contribution in [2.24, 2.45) is 0 Å². The van der Waals surface area contributed by atoms with Gasteiger partial charge in [-0.1, -0.05) is 0 Å². The molecule has 142 valence electrons. The highest BCUT2D eigenvalue weighted by Gasteiger charge is 2.21. The first-order valence-electron chi connectivity index (χ1n) is 8.89. The van der Waals surface area contributed by atoms with E-state index in [0.717, 1.165) is 17.8 Å². The topological polar surface area (TPSA) is 87.7 Å². The summed E-state index contributed by atoms with van der Waals surface area (Å²) in [5.74, 6) is 1.09. The Balaban J connectivity index is 1.58. The average Bonchev–Trinajstić information content (AvgIpc) is 2.69. The minimum atomic E-state index is -0.123. The van der Waals surface area contributed by atoms with Gasteiger partial charge in [-0.2, -0.15) is 0 Å². The third kappa shape index (κ3) is 4.93. The maximum absolute atomic E-state index is 12.5. The third-order valence-electron chi connectivity index (χ3n) is 4.13. The molecule has 1 aromatic heterocycles. The van der Waals surface area contributed by atoms with Crippen LogP contribution < -0.4 is 10.1 Å². The van der Waals surface area contributed by atoms with Gasteiger partial charge in [-0.05, 0) is 38.1 Å². The molecule has 1 aliphatic heterocycles. The first-order valence-corrected chi connectivity index (χ1v) is 8.89. The lowest BCUT2D eigenvalue weighted by Gasteiger charge is -2.32. The number of piperazine rings is 1. The van der Waals surface area contributed by atoms with Crippen LogP contribution in [0.25, 0.3) is 0 Å². The van der Waals surface area contributed by atoms with Crippen molar-refractivity contribution in [2.45, 2.75) is 20.0 Å². The van der Waals surface area contributed by atoms with E-state index in [0.29, 0.717) is 37.7 Å². The Hall–Kier alpha value is -3.16. The van der Waals surface area contributed by atoms with Crippen LogP contribution in [0.4, 0.5) is 11.6 Å². The van der Waals surface area contributed by atoms with Gasteiger partial charge in [0.2, 0.25) is 12.4 Å². The van der Waals surface area contributed by atoms with Gasteiger partial charge in [-0.3, -0.25) is 9.59 Å². The molecule has 8 heteroatoms. The Morgan fingerprint density at radius 3 is 2.30 bits per heavy atom. The van der Waals surface area contributed by atoms with E-state index in [9.17, 15) is 9.59 Å². The number of carbonyl (C=O) groups excluding carboxylic acids is 2. The van der Waals surface area contributed by atoms with Gasteiger partial charge < -0.3 is 19.9 Å². The number of hydrogen-bond acceptors (Lipinski definition) is 6. The van der Waals surface area contributed by atoms with E-state index in [1.54, 1.807) is 9.80 Å². The minimum absolute atomic E-state index is 0.123. The molecule has 0 bridgehead atoms. The Morgan fingerprint density at radius 2 is 1.74 bits per heavy atom. The predicted molar refractivity (Wildman–Crippen MR) is 101 cm³/mol. The Morgan fingerprint density at radius 1 is 1.11 bits per heavy atom. The number of nitrogens with zero attached hydrogens (tertiary/aromatic N) is 4. The van der Waals surface area contributed by atoms with Crippen molar-refractivity contribution in [1.82, 2.24) is 19.8 Å². The molecule has 2 aromatic rings. The molecule has 0 radical (unpaired) electrons. The van der Waals surface area contributed by atoms with Crippen LogP contribution >= 0.6 is 0 Å². The van der Waals surface area contributed by atoms with Crippen molar-refractivity contribution in [3.63, 3.8) is 0 Å². The summed E-state index contributed by atoms with van der Waals surface area (Å²) in [6, 6.07) is 7.51. The number of ether oxygens (including phenoxy) is 1. The molecule has 27 heavy (non-hydrogen) atoms. The molecule has 2 heterocycles. The van der Waals surface area contributed by atoms with Gasteiger partial charge >= 0.3 is 0 Å². The summed E-state index contributed by atoms with van der Waals surface area (Å²) in [6.07, 6.45) is 3.96. The molecule has 3 rings (SSSR count). The normalized spacial score (nSPS) is 14.2. The summed E-state index contributed by atoms with van der Waals surface area (Å²) in [5, 5.41) is 3.10. The second kappa shape index (κ2) is 8.48. The molecule has 0 atom stereocenters. The lowest BCUT2D eigenvalue weighted by atomic mass is 10.2. The van der Waals surface area contributed by atoms with E-state index < -0.39 is 0 Å². The number of aromatic nitrogens is 2. The highest BCUT2D eigenvalue weighted by molar-refractivity contribution is 5.93. The molecular weight excluding hydrogens is 346 g/mol. The molecule has 0 saturated carbocycles. The Kier molecular flexibility index (Phi) is 5.85. The van der Waals surface area contributed by atoms with Crippen molar-refractivity contribution in [2.75, 3.05) is 31.5 Å². The highest BCUT2D eigenvalue weighted by Crippen LogP contribution is 2.19. The third-order valence-corrected chi connectivity index (χ3v) is 4.13. The fourth-order valence-corrected chi connectivity index (χ4v) is 2.73. The summed E-state index contributed by atoms with van der Waals surface area (Å²) < 4.78 is 5.61. The number of amides is 2. The van der Waals surface area contributed by atoms with Crippen LogP contribution in [0, 0.1) is 0 Å². The number of anilines is 2. The number of hydrogen-bond donors (Lipinski definition) is 1. The van der Waals surface area contributed by atoms with Gasteiger partial charge in [0, 0.05) is 44.3 Å². The minimum Gasteiger partial charge on any atom is -0.491 e. The molecular formula is C19H23N5O3. The largest absolute Gasteiger partial charge is 0.491 e. The first-order chi connectivity index (χ1) is 13.0. The molecule has 1 aliphatic rings. The Labute approximate surface area is 158 Å². The van der Waals surface area contributed by atoms with Gasteiger partial charge in [0.1, 0.15) is 5.75 Å². The molecule has 0 unspecified atom stereocenters. The van der Waals surface area contributed by atoms with Gasteiger partial charge in [-0.15, -0.1) is 0 Å². The van der Waals surface area contributed by atoms with E-state index in [4.69, 9.17) is 4.74 Å². The molecule has 2 amide bonds. The van der Waals surface area contributed by atoms with Crippen LogP contribution in [0.3, 0.4) is 0 Å². The van der Waals surface area contributed by atoms with Crippen molar-refractivity contribution >= 4 is 24.0 Å². The van der Waals surface area contributed by atoms with E-state index in [2.05, 4.69) is 15.3 Å². The van der Waals surface area contributed by atoms with Gasteiger partial charge in [-0.25, -0.2) is 9.97 Å². The number of nitrogens with one attached hydrogen (secondary N) is 1. The quantitative estimate of drug-likeness (QED) is 0.783. The summed E-state index contributed by atoms with van der Waals surface area (Å²) in [5.41, 5.74) is 1.26. The zero-order chi connectivity index (χ0) is 19.2.